The third-order valence-corrected chi connectivity index (χ3v) is 14.7. The minimum atomic E-state index is -1.86. The molecule has 2 atom stereocenters. The van der Waals surface area contributed by atoms with Crippen LogP contribution in [-0.4, -0.2) is 78.4 Å². The largest absolute Gasteiger partial charge is 0.506 e. The van der Waals surface area contributed by atoms with Gasteiger partial charge in [-0.05, 0) is 135 Å². The lowest BCUT2D eigenvalue weighted by atomic mass is 9.91. The number of nitrogens with one attached hydrogen (secondary N) is 2. The van der Waals surface area contributed by atoms with Crippen LogP contribution in [-0.2, 0) is 41.1 Å². The Morgan fingerprint density at radius 2 is 1.84 bits per heavy atom. The highest BCUT2D eigenvalue weighted by Gasteiger charge is 2.45. The van der Waals surface area contributed by atoms with Crippen molar-refractivity contribution >= 4 is 50.6 Å². The van der Waals surface area contributed by atoms with Gasteiger partial charge in [-0.15, -0.1) is 27.8 Å². The average molecular weight is 859 g/mol. The summed E-state index contributed by atoms with van der Waals surface area (Å²) in [5, 5.41) is 48.5. The molecule has 12 nitrogen and oxygen atoms in total. The molecule has 0 unspecified atom stereocenters. The maximum Gasteiger partial charge on any atom is 0.349 e. The van der Waals surface area contributed by atoms with Gasteiger partial charge in [-0.2, -0.15) is 0 Å². The van der Waals surface area contributed by atoms with Gasteiger partial charge in [-0.3, -0.25) is 4.79 Å². The van der Waals surface area contributed by atoms with Crippen LogP contribution >= 0.6 is 22.7 Å². The van der Waals surface area contributed by atoms with Gasteiger partial charge in [0.2, 0.25) is 11.2 Å². The number of rotatable bonds is 15. The molecule has 316 valence electrons. The van der Waals surface area contributed by atoms with Crippen molar-refractivity contribution in [2.24, 2.45) is 0 Å². The first-order chi connectivity index (χ1) is 29.7. The Hall–Kier alpha value is -5.22. The highest BCUT2D eigenvalue weighted by molar-refractivity contribution is 7.16. The van der Waals surface area contributed by atoms with Gasteiger partial charge < -0.3 is 35.3 Å². The second-order valence-electron chi connectivity index (χ2n) is 16.3. The van der Waals surface area contributed by atoms with E-state index in [0.717, 1.165) is 85.9 Å². The molecular formula is C47H50N6O6S2. The fourth-order valence-corrected chi connectivity index (χ4v) is 11.2. The standard InChI is InChI=1S/C47H50N6O6S2/c1-52(31-13-15-32(16-14-31)59-46(57)47(58,41-12-6-25-60-41)42-21-20-40(61-42)29-8-3-2-4-9-29)23-7-24-53-45-36-11-5-10-33(36)30(26-37(45)50-51-53)27-48-28-39(55)34-17-19-38(54)44-35(34)18-22-43(56)49-44/h2-4,6,8-9,12,17-22,25-26,31-32,39,48,54-55,58H,5,7,10-11,13-16,23-24,27-28H2,1H3,(H,49,56)/t31-,32-,39-,47-/m0/s1. The molecule has 4 aromatic heterocycles. The summed E-state index contributed by atoms with van der Waals surface area (Å²) in [5.74, 6) is -0.643. The second kappa shape index (κ2) is 17.6. The van der Waals surface area contributed by atoms with E-state index in [4.69, 9.17) is 4.74 Å². The number of phenols is 1. The number of nitrogens with zero attached hydrogens (tertiary/aromatic N) is 4. The number of hydrogen-bond donors (Lipinski definition) is 5. The first kappa shape index (κ1) is 41.1. The lowest BCUT2D eigenvalue weighted by molar-refractivity contribution is -0.169. The molecule has 0 radical (unpaired) electrons. The fraction of sp³-hybridized carbons (Fsp3) is 0.362. The van der Waals surface area contributed by atoms with E-state index in [1.165, 1.54) is 51.5 Å². The molecule has 0 aliphatic heterocycles. The maximum absolute atomic E-state index is 13.9. The summed E-state index contributed by atoms with van der Waals surface area (Å²) >= 11 is 2.78. The van der Waals surface area contributed by atoms with Crippen molar-refractivity contribution < 1.29 is 24.9 Å². The second-order valence-corrected chi connectivity index (χ2v) is 18.4. The Labute approximate surface area is 361 Å². The van der Waals surface area contributed by atoms with Gasteiger partial charge in [0, 0.05) is 42.0 Å². The highest BCUT2D eigenvalue weighted by atomic mass is 32.1. The number of aromatic nitrogens is 4. The number of pyridine rings is 1. The summed E-state index contributed by atoms with van der Waals surface area (Å²) in [6.07, 6.45) is 6.16. The number of aliphatic hydroxyl groups is 2. The van der Waals surface area contributed by atoms with E-state index in [9.17, 15) is 24.9 Å². The summed E-state index contributed by atoms with van der Waals surface area (Å²) in [6.45, 7) is 2.52. The Morgan fingerprint density at radius 1 is 1.02 bits per heavy atom. The zero-order chi connectivity index (χ0) is 42.1. The number of aryl methyl sites for hydroxylation is 2. The number of esters is 1. The molecule has 0 saturated heterocycles. The number of thiophene rings is 2. The number of benzene rings is 3. The van der Waals surface area contributed by atoms with Gasteiger partial charge in [0.1, 0.15) is 17.4 Å². The molecule has 9 rings (SSSR count). The topological polar surface area (TPSA) is 166 Å². The molecule has 4 heterocycles. The molecule has 1 saturated carbocycles. The summed E-state index contributed by atoms with van der Waals surface area (Å²) in [5.41, 5.74) is 5.64. The van der Waals surface area contributed by atoms with Gasteiger partial charge >= 0.3 is 5.97 Å². The summed E-state index contributed by atoms with van der Waals surface area (Å²) < 4.78 is 8.19. The monoisotopic (exact) mass is 858 g/mol. The van der Waals surface area contributed by atoms with E-state index < -0.39 is 17.7 Å². The summed E-state index contributed by atoms with van der Waals surface area (Å²) in [4.78, 5) is 32.9. The normalized spacial score (nSPS) is 18.1. The molecule has 3 aromatic carbocycles. The van der Waals surface area contributed by atoms with Crippen LogP contribution in [0.1, 0.15) is 76.6 Å². The quantitative estimate of drug-likeness (QED) is 0.0667. The molecule has 7 aromatic rings. The van der Waals surface area contributed by atoms with Crippen molar-refractivity contribution in [1.82, 2.24) is 30.2 Å². The number of aromatic amines is 1. The zero-order valence-corrected chi connectivity index (χ0v) is 35.7. The Kier molecular flexibility index (Phi) is 11.9. The number of fused-ring (bicyclic) bond motifs is 4. The molecule has 1 fully saturated rings. The van der Waals surface area contributed by atoms with Crippen molar-refractivity contribution in [3.8, 4) is 16.2 Å². The van der Waals surface area contributed by atoms with Gasteiger partial charge in [-0.25, -0.2) is 9.48 Å². The molecule has 61 heavy (non-hydrogen) atoms. The molecule has 5 N–H and O–H groups in total. The first-order valence-electron chi connectivity index (χ1n) is 21.1. The van der Waals surface area contributed by atoms with E-state index in [-0.39, 0.29) is 17.4 Å². The zero-order valence-electron chi connectivity index (χ0n) is 34.0. The van der Waals surface area contributed by atoms with Crippen LogP contribution in [0.4, 0.5) is 0 Å². The number of carbonyl (C=O) groups is 1. The Bertz CT molecular complexity index is 2710. The predicted molar refractivity (Wildman–Crippen MR) is 239 cm³/mol. The predicted octanol–water partition coefficient (Wildman–Crippen LogP) is 7.19. The number of ether oxygens (including phenoxy) is 1. The molecule has 0 amide bonds. The summed E-state index contributed by atoms with van der Waals surface area (Å²) in [6, 6.07) is 26.2. The van der Waals surface area contributed by atoms with Crippen molar-refractivity contribution in [2.45, 2.75) is 88.3 Å². The van der Waals surface area contributed by atoms with Crippen LogP contribution in [0.3, 0.4) is 0 Å². The van der Waals surface area contributed by atoms with Crippen LogP contribution in [0.5, 0.6) is 5.75 Å². The van der Waals surface area contributed by atoms with Crippen LogP contribution in [0.2, 0.25) is 0 Å². The third-order valence-electron chi connectivity index (χ3n) is 12.5. The van der Waals surface area contributed by atoms with Crippen LogP contribution in [0, 0.1) is 0 Å². The lowest BCUT2D eigenvalue weighted by Crippen LogP contribution is -2.42. The molecule has 0 bridgehead atoms. The van der Waals surface area contributed by atoms with Crippen LogP contribution in [0.25, 0.3) is 32.4 Å². The minimum absolute atomic E-state index is 0.0331. The Balaban J connectivity index is 0.780. The van der Waals surface area contributed by atoms with Crippen molar-refractivity contribution in [3.05, 3.63) is 133 Å². The van der Waals surface area contributed by atoms with Gasteiger partial charge in [0.25, 0.3) is 0 Å². The summed E-state index contributed by atoms with van der Waals surface area (Å²) in [7, 11) is 2.17. The van der Waals surface area contributed by atoms with E-state index in [1.807, 2.05) is 53.9 Å². The van der Waals surface area contributed by atoms with E-state index in [2.05, 4.69) is 43.3 Å². The number of H-pyrrole nitrogens is 1. The van der Waals surface area contributed by atoms with E-state index in [1.54, 1.807) is 18.2 Å². The number of hydrogen-bond acceptors (Lipinski definition) is 12. The van der Waals surface area contributed by atoms with Gasteiger partial charge in [0.05, 0.1) is 26.9 Å². The molecule has 0 spiro atoms. The average Bonchev–Trinajstić information content (AvgIpc) is 4.12. The SMILES string of the molecule is CN(CCCn1nnc2cc(CNC[C@H](O)c3ccc(O)c4[nH]c(=O)ccc34)c3c(c21)CCC3)[C@H]1CC[C@H](OC(=O)[C@](O)(c2cccs2)c2ccc(-c3ccccc3)s2)CC1. The molecule has 2 aliphatic carbocycles. The number of aliphatic hydroxyl groups excluding tert-OH is 1. The molecule has 14 heteroatoms. The first-order valence-corrected chi connectivity index (χ1v) is 22.8. The van der Waals surface area contributed by atoms with Crippen LogP contribution < -0.4 is 10.9 Å². The smallest absolute Gasteiger partial charge is 0.349 e. The van der Waals surface area contributed by atoms with Crippen molar-refractivity contribution in [1.29, 1.82) is 0 Å². The number of carbonyl (C=O) groups excluding carboxylic acids is 1. The van der Waals surface area contributed by atoms with E-state index in [0.29, 0.717) is 45.4 Å². The molecular weight excluding hydrogens is 809 g/mol. The Morgan fingerprint density at radius 3 is 2.64 bits per heavy atom. The van der Waals surface area contributed by atoms with Crippen molar-refractivity contribution in [3.63, 3.8) is 0 Å². The van der Waals surface area contributed by atoms with Gasteiger partial charge in [-0.1, -0.05) is 47.7 Å². The van der Waals surface area contributed by atoms with Crippen LogP contribution in [0.15, 0.2) is 95.1 Å². The maximum atomic E-state index is 13.9. The fourth-order valence-electron chi connectivity index (χ4n) is 9.25. The van der Waals surface area contributed by atoms with Gasteiger partial charge in [0.15, 0.2) is 0 Å². The highest BCUT2D eigenvalue weighted by Crippen LogP contribution is 2.42. The molecule has 2 aliphatic rings. The van der Waals surface area contributed by atoms with E-state index >= 15 is 0 Å². The number of aromatic hydroxyl groups is 1. The van der Waals surface area contributed by atoms with Crippen molar-refractivity contribution in [2.75, 3.05) is 20.1 Å². The lowest BCUT2D eigenvalue weighted by Gasteiger charge is -2.35. The number of phenolic OH excluding ortho intramolecular Hbond substituents is 1. The third kappa shape index (κ3) is 8.28. The minimum Gasteiger partial charge on any atom is -0.506 e.